The number of amides is 2. The van der Waals surface area contributed by atoms with E-state index in [9.17, 15) is 14.7 Å². The second-order valence-electron chi connectivity index (χ2n) is 7.58. The zero-order valence-corrected chi connectivity index (χ0v) is 13.8. The van der Waals surface area contributed by atoms with Gasteiger partial charge in [-0.05, 0) is 43.8 Å². The number of aliphatic carboxylic acids is 1. The highest BCUT2D eigenvalue weighted by Gasteiger charge is 2.33. The van der Waals surface area contributed by atoms with Crippen molar-refractivity contribution in [1.29, 1.82) is 0 Å². The molecule has 0 aromatic carbocycles. The molecule has 2 amide bonds. The number of nitrogens with one attached hydrogen (secondary N) is 2. The summed E-state index contributed by atoms with van der Waals surface area (Å²) >= 11 is 0. The van der Waals surface area contributed by atoms with Gasteiger partial charge < -0.3 is 20.6 Å². The first-order valence-electron chi connectivity index (χ1n) is 7.49. The number of hydrogen-bond acceptors (Lipinski definition) is 3. The molecule has 6 nitrogen and oxygen atoms in total. The van der Waals surface area contributed by atoms with Gasteiger partial charge in [0.25, 0.3) is 0 Å². The minimum atomic E-state index is -1.01. The third-order valence-electron chi connectivity index (χ3n) is 4.26. The van der Waals surface area contributed by atoms with E-state index in [1.54, 1.807) is 20.8 Å². The quantitative estimate of drug-likeness (QED) is 0.735. The molecule has 0 radical (unpaired) electrons. The highest BCUT2D eigenvalue weighted by atomic mass is 16.4. The number of likely N-dealkylation sites (tertiary alicyclic amines) is 1. The van der Waals surface area contributed by atoms with Crippen LogP contribution in [0, 0.1) is 10.8 Å². The molecule has 6 heteroatoms. The van der Waals surface area contributed by atoms with Crippen LogP contribution in [0.4, 0.5) is 4.79 Å². The van der Waals surface area contributed by atoms with Gasteiger partial charge >= 0.3 is 12.0 Å². The Labute approximate surface area is 127 Å². The Morgan fingerprint density at radius 1 is 1.29 bits per heavy atom. The lowest BCUT2D eigenvalue weighted by Gasteiger charge is -2.38. The van der Waals surface area contributed by atoms with E-state index in [1.165, 1.54) is 0 Å². The van der Waals surface area contributed by atoms with Crippen molar-refractivity contribution >= 4 is 12.0 Å². The van der Waals surface area contributed by atoms with Gasteiger partial charge in [-0.3, -0.25) is 0 Å². The van der Waals surface area contributed by atoms with Crippen LogP contribution in [-0.2, 0) is 4.79 Å². The highest BCUT2D eigenvalue weighted by Crippen LogP contribution is 2.29. The van der Waals surface area contributed by atoms with Crippen molar-refractivity contribution < 1.29 is 14.7 Å². The first-order chi connectivity index (χ1) is 9.53. The van der Waals surface area contributed by atoms with Crippen LogP contribution in [0.1, 0.15) is 40.5 Å². The Bertz CT molecular complexity index is 382. The van der Waals surface area contributed by atoms with Crippen molar-refractivity contribution in [3.8, 4) is 0 Å². The average Bonchev–Trinajstić information content (AvgIpc) is 2.36. The lowest BCUT2D eigenvalue weighted by molar-refractivity contribution is -0.141. The van der Waals surface area contributed by atoms with Crippen LogP contribution in [0.5, 0.6) is 0 Å². The fourth-order valence-electron chi connectivity index (χ4n) is 2.46. The standard InChI is InChI=1S/C15H29N3O3/c1-14(2,3)11(12(19)20)17-13(21)16-10-15(4)6-8-18(5)9-7-15/h11H,6-10H2,1-5H3,(H,19,20)(H2,16,17,21)/t11-/m0/s1. The van der Waals surface area contributed by atoms with E-state index in [-0.39, 0.29) is 5.41 Å². The molecule has 0 aliphatic carbocycles. The summed E-state index contributed by atoms with van der Waals surface area (Å²) in [4.78, 5) is 25.5. The van der Waals surface area contributed by atoms with E-state index in [0.717, 1.165) is 25.9 Å². The molecule has 0 bridgehead atoms. The number of piperidine rings is 1. The van der Waals surface area contributed by atoms with Crippen molar-refractivity contribution in [1.82, 2.24) is 15.5 Å². The Morgan fingerprint density at radius 3 is 2.24 bits per heavy atom. The monoisotopic (exact) mass is 299 g/mol. The fourth-order valence-corrected chi connectivity index (χ4v) is 2.46. The van der Waals surface area contributed by atoms with E-state index < -0.39 is 23.5 Å². The Hall–Kier alpha value is -1.30. The van der Waals surface area contributed by atoms with Gasteiger partial charge in [0.15, 0.2) is 0 Å². The predicted octanol–water partition coefficient (Wildman–Crippen LogP) is 1.52. The molecule has 1 saturated heterocycles. The van der Waals surface area contributed by atoms with Gasteiger partial charge in [-0.15, -0.1) is 0 Å². The van der Waals surface area contributed by atoms with Gasteiger partial charge in [-0.2, -0.15) is 0 Å². The summed E-state index contributed by atoms with van der Waals surface area (Å²) in [5.41, 5.74) is -0.440. The van der Waals surface area contributed by atoms with Crippen LogP contribution in [0.25, 0.3) is 0 Å². The van der Waals surface area contributed by atoms with Crippen LogP contribution >= 0.6 is 0 Å². The minimum absolute atomic E-state index is 0.0876. The molecule has 0 aromatic rings. The summed E-state index contributed by atoms with van der Waals surface area (Å²) in [5, 5.41) is 14.6. The normalized spacial score (nSPS) is 20.6. The number of rotatable bonds is 4. The number of urea groups is 1. The van der Waals surface area contributed by atoms with E-state index in [1.807, 2.05) is 0 Å². The third-order valence-corrected chi connectivity index (χ3v) is 4.26. The molecule has 21 heavy (non-hydrogen) atoms. The fraction of sp³-hybridized carbons (Fsp3) is 0.867. The lowest BCUT2D eigenvalue weighted by Crippen LogP contribution is -2.54. The topological polar surface area (TPSA) is 81.7 Å². The summed E-state index contributed by atoms with van der Waals surface area (Å²) in [6.07, 6.45) is 2.07. The first kappa shape index (κ1) is 17.8. The maximum atomic E-state index is 12.0. The molecule has 1 heterocycles. The predicted molar refractivity (Wildman–Crippen MR) is 82.3 cm³/mol. The summed E-state index contributed by atoms with van der Waals surface area (Å²) in [7, 11) is 2.10. The summed E-state index contributed by atoms with van der Waals surface area (Å²) in [5.74, 6) is -1.01. The van der Waals surface area contributed by atoms with Crippen LogP contribution in [0.15, 0.2) is 0 Å². The number of nitrogens with zero attached hydrogens (tertiary/aromatic N) is 1. The van der Waals surface area contributed by atoms with E-state index in [2.05, 4.69) is 29.5 Å². The summed E-state index contributed by atoms with van der Waals surface area (Å²) < 4.78 is 0. The first-order valence-corrected chi connectivity index (χ1v) is 7.49. The number of carbonyl (C=O) groups is 2. The van der Waals surface area contributed by atoms with Gasteiger partial charge in [0.2, 0.25) is 0 Å². The van der Waals surface area contributed by atoms with Gasteiger partial charge in [-0.25, -0.2) is 9.59 Å². The van der Waals surface area contributed by atoms with Gasteiger partial charge in [0.1, 0.15) is 6.04 Å². The molecule has 1 fully saturated rings. The van der Waals surface area contributed by atoms with Crippen molar-refractivity contribution in [2.45, 2.75) is 46.6 Å². The van der Waals surface area contributed by atoms with Crippen molar-refractivity contribution in [3.63, 3.8) is 0 Å². The molecule has 0 aromatic heterocycles. The molecular weight excluding hydrogens is 270 g/mol. The SMILES string of the molecule is CN1CCC(C)(CNC(=O)N[C@@H](C(=O)O)C(C)(C)C)CC1. The van der Waals surface area contributed by atoms with E-state index in [0.29, 0.717) is 6.54 Å². The molecule has 1 rings (SSSR count). The Balaban J connectivity index is 2.48. The molecule has 0 spiro atoms. The van der Waals surface area contributed by atoms with Crippen LogP contribution in [0.2, 0.25) is 0 Å². The number of carboxylic acid groups (broad SMARTS) is 1. The Morgan fingerprint density at radius 2 is 1.81 bits per heavy atom. The molecular formula is C15H29N3O3. The van der Waals surface area contributed by atoms with Crippen LogP contribution in [-0.4, -0.2) is 54.7 Å². The molecule has 0 unspecified atom stereocenters. The van der Waals surface area contributed by atoms with Crippen molar-refractivity contribution in [2.24, 2.45) is 10.8 Å². The van der Waals surface area contributed by atoms with Crippen molar-refractivity contribution in [2.75, 3.05) is 26.7 Å². The van der Waals surface area contributed by atoms with Gasteiger partial charge in [0, 0.05) is 6.54 Å². The molecule has 0 saturated carbocycles. The molecule has 1 aliphatic heterocycles. The van der Waals surface area contributed by atoms with Gasteiger partial charge in [0.05, 0.1) is 0 Å². The van der Waals surface area contributed by atoms with Crippen molar-refractivity contribution in [3.05, 3.63) is 0 Å². The Kier molecular flexibility index (Phi) is 5.61. The maximum Gasteiger partial charge on any atom is 0.326 e. The smallest absolute Gasteiger partial charge is 0.326 e. The molecule has 1 aliphatic rings. The maximum absolute atomic E-state index is 12.0. The summed E-state index contributed by atoms with van der Waals surface area (Å²) in [6.45, 7) is 10.2. The number of hydrogen-bond donors (Lipinski definition) is 3. The lowest BCUT2D eigenvalue weighted by atomic mass is 9.80. The van der Waals surface area contributed by atoms with E-state index in [4.69, 9.17) is 0 Å². The number of carboxylic acids is 1. The zero-order chi connectivity index (χ0) is 16.3. The molecule has 1 atom stereocenters. The average molecular weight is 299 g/mol. The minimum Gasteiger partial charge on any atom is -0.480 e. The van der Waals surface area contributed by atoms with E-state index >= 15 is 0 Å². The number of carbonyl (C=O) groups excluding carboxylic acids is 1. The molecule has 122 valence electrons. The largest absolute Gasteiger partial charge is 0.480 e. The second-order valence-corrected chi connectivity index (χ2v) is 7.58. The third kappa shape index (κ3) is 5.53. The summed E-state index contributed by atoms with van der Waals surface area (Å²) in [6, 6.07) is -1.31. The van der Waals surface area contributed by atoms with Crippen LogP contribution < -0.4 is 10.6 Å². The van der Waals surface area contributed by atoms with Gasteiger partial charge in [-0.1, -0.05) is 27.7 Å². The second kappa shape index (κ2) is 6.64. The van der Waals surface area contributed by atoms with Crippen LogP contribution in [0.3, 0.4) is 0 Å². The molecule has 3 N–H and O–H groups in total. The highest BCUT2D eigenvalue weighted by molar-refractivity contribution is 5.83. The zero-order valence-electron chi connectivity index (χ0n) is 13.8.